The Hall–Kier alpha value is -0.750. The van der Waals surface area contributed by atoms with Crippen LogP contribution in [0.25, 0.3) is 0 Å². The first kappa shape index (κ1) is 12.3. The topological polar surface area (TPSA) is 55.0 Å². The minimum Gasteiger partial charge on any atom is -0.393 e. The highest BCUT2D eigenvalue weighted by atomic mass is 32.1. The van der Waals surface area contributed by atoms with Gasteiger partial charge < -0.3 is 10.6 Å². The van der Waals surface area contributed by atoms with Crippen molar-refractivity contribution in [3.8, 4) is 0 Å². The molecule has 0 amide bonds. The fourth-order valence-electron chi connectivity index (χ4n) is 1.18. The summed E-state index contributed by atoms with van der Waals surface area (Å²) in [6.07, 6.45) is 0. The molecule has 84 valence electrons. The molecule has 1 atom stereocenters. The minimum atomic E-state index is 0.198. The van der Waals surface area contributed by atoms with E-state index in [0.717, 1.165) is 23.2 Å². The van der Waals surface area contributed by atoms with Crippen LogP contribution in [0.3, 0.4) is 0 Å². The summed E-state index contributed by atoms with van der Waals surface area (Å²) in [6, 6.07) is 0. The molecule has 0 bridgehead atoms. The van der Waals surface area contributed by atoms with E-state index in [1.54, 1.807) is 11.3 Å². The second-order valence-corrected chi connectivity index (χ2v) is 5.08. The lowest BCUT2D eigenvalue weighted by Crippen LogP contribution is -2.33. The van der Waals surface area contributed by atoms with E-state index in [0.29, 0.717) is 4.99 Å². The Labute approximate surface area is 99.5 Å². The standard InChI is InChI=1S/C9H16N4S2/c1-4-13(5-6(2)8(10)14)9-12-11-7(3)15-9/h6H,4-5H2,1-3H3,(H2,10,14). The summed E-state index contributed by atoms with van der Waals surface area (Å²) < 4.78 is 0. The minimum absolute atomic E-state index is 0.198. The number of nitrogens with two attached hydrogens (primary N) is 1. The van der Waals surface area contributed by atoms with Crippen molar-refractivity contribution in [2.24, 2.45) is 11.7 Å². The van der Waals surface area contributed by atoms with Gasteiger partial charge in [-0.1, -0.05) is 30.5 Å². The quantitative estimate of drug-likeness (QED) is 0.797. The highest BCUT2D eigenvalue weighted by Crippen LogP contribution is 2.20. The van der Waals surface area contributed by atoms with Crippen molar-refractivity contribution in [1.82, 2.24) is 10.2 Å². The number of anilines is 1. The largest absolute Gasteiger partial charge is 0.393 e. The van der Waals surface area contributed by atoms with E-state index in [9.17, 15) is 0 Å². The molecule has 2 N–H and O–H groups in total. The molecule has 0 aliphatic rings. The van der Waals surface area contributed by atoms with Gasteiger partial charge in [-0.25, -0.2) is 0 Å². The van der Waals surface area contributed by atoms with Gasteiger partial charge in [0.25, 0.3) is 0 Å². The first-order chi connectivity index (χ1) is 7.04. The van der Waals surface area contributed by atoms with Gasteiger partial charge in [0, 0.05) is 19.0 Å². The van der Waals surface area contributed by atoms with E-state index in [4.69, 9.17) is 18.0 Å². The van der Waals surface area contributed by atoms with Crippen molar-refractivity contribution in [2.75, 3.05) is 18.0 Å². The maximum atomic E-state index is 5.59. The van der Waals surface area contributed by atoms with Gasteiger partial charge in [-0.15, -0.1) is 10.2 Å². The van der Waals surface area contributed by atoms with Crippen LogP contribution in [0.5, 0.6) is 0 Å². The third-order valence-electron chi connectivity index (χ3n) is 2.15. The molecule has 6 heteroatoms. The zero-order valence-electron chi connectivity index (χ0n) is 9.23. The van der Waals surface area contributed by atoms with E-state index in [2.05, 4.69) is 22.0 Å². The zero-order chi connectivity index (χ0) is 11.4. The SMILES string of the molecule is CCN(CC(C)C(N)=S)c1nnc(C)s1. The lowest BCUT2D eigenvalue weighted by molar-refractivity contribution is 0.702. The van der Waals surface area contributed by atoms with Gasteiger partial charge in [0.05, 0.1) is 4.99 Å². The molecule has 1 unspecified atom stereocenters. The summed E-state index contributed by atoms with van der Waals surface area (Å²) in [5.41, 5.74) is 5.59. The predicted octanol–water partition coefficient (Wildman–Crippen LogP) is 1.60. The number of nitrogens with zero attached hydrogens (tertiary/aromatic N) is 3. The third kappa shape index (κ3) is 3.39. The predicted molar refractivity (Wildman–Crippen MR) is 68.5 cm³/mol. The summed E-state index contributed by atoms with van der Waals surface area (Å²) in [6.45, 7) is 7.76. The van der Waals surface area contributed by atoms with Crippen molar-refractivity contribution in [1.29, 1.82) is 0 Å². The van der Waals surface area contributed by atoms with Crippen LogP contribution in [0.2, 0.25) is 0 Å². The maximum Gasteiger partial charge on any atom is 0.208 e. The lowest BCUT2D eigenvalue weighted by atomic mass is 10.2. The second kappa shape index (κ2) is 5.37. The molecule has 0 aromatic carbocycles. The van der Waals surface area contributed by atoms with Crippen LogP contribution in [0.1, 0.15) is 18.9 Å². The Kier molecular flexibility index (Phi) is 4.41. The molecule has 1 aromatic heterocycles. The van der Waals surface area contributed by atoms with E-state index >= 15 is 0 Å². The Morgan fingerprint density at radius 1 is 1.60 bits per heavy atom. The number of aryl methyl sites for hydroxylation is 1. The Morgan fingerprint density at radius 3 is 2.67 bits per heavy atom. The monoisotopic (exact) mass is 244 g/mol. The van der Waals surface area contributed by atoms with Crippen molar-refractivity contribution in [3.63, 3.8) is 0 Å². The van der Waals surface area contributed by atoms with E-state index in [1.165, 1.54) is 0 Å². The van der Waals surface area contributed by atoms with Crippen LogP contribution in [0.15, 0.2) is 0 Å². The van der Waals surface area contributed by atoms with Gasteiger partial charge in [0.15, 0.2) is 0 Å². The Balaban J connectivity index is 2.68. The third-order valence-corrected chi connectivity index (χ3v) is 3.45. The maximum absolute atomic E-state index is 5.59. The fraction of sp³-hybridized carbons (Fsp3) is 0.667. The van der Waals surface area contributed by atoms with Gasteiger partial charge in [0.2, 0.25) is 5.13 Å². The van der Waals surface area contributed by atoms with Gasteiger partial charge in [-0.2, -0.15) is 0 Å². The first-order valence-corrected chi connectivity index (χ1v) is 6.11. The molecule has 4 nitrogen and oxygen atoms in total. The molecule has 0 radical (unpaired) electrons. The Bertz CT molecular complexity index is 337. The number of hydrogen-bond acceptors (Lipinski definition) is 5. The molecule has 1 aromatic rings. The molecular formula is C9H16N4S2. The van der Waals surface area contributed by atoms with Gasteiger partial charge in [0.1, 0.15) is 5.01 Å². The second-order valence-electron chi connectivity index (χ2n) is 3.45. The summed E-state index contributed by atoms with van der Waals surface area (Å²) in [5.74, 6) is 0.198. The summed E-state index contributed by atoms with van der Waals surface area (Å²) in [5, 5.41) is 10.0. The molecule has 0 aliphatic heterocycles. The molecule has 0 saturated heterocycles. The summed E-state index contributed by atoms with van der Waals surface area (Å²) in [7, 11) is 0. The van der Waals surface area contributed by atoms with Crippen LogP contribution in [0, 0.1) is 12.8 Å². The van der Waals surface area contributed by atoms with E-state index in [-0.39, 0.29) is 5.92 Å². The van der Waals surface area contributed by atoms with Gasteiger partial charge in [-0.05, 0) is 13.8 Å². The smallest absolute Gasteiger partial charge is 0.208 e. The van der Waals surface area contributed by atoms with Crippen LogP contribution in [-0.2, 0) is 0 Å². The van der Waals surface area contributed by atoms with Crippen molar-refractivity contribution < 1.29 is 0 Å². The fourth-order valence-corrected chi connectivity index (χ4v) is 2.01. The van der Waals surface area contributed by atoms with Crippen LogP contribution in [-0.4, -0.2) is 28.3 Å². The van der Waals surface area contributed by atoms with E-state index < -0.39 is 0 Å². The normalized spacial score (nSPS) is 12.5. The van der Waals surface area contributed by atoms with Crippen molar-refractivity contribution in [3.05, 3.63) is 5.01 Å². The number of hydrogen-bond donors (Lipinski definition) is 1. The molecule has 1 rings (SSSR count). The summed E-state index contributed by atoms with van der Waals surface area (Å²) >= 11 is 6.55. The number of aromatic nitrogens is 2. The highest BCUT2D eigenvalue weighted by Gasteiger charge is 2.14. The molecule has 15 heavy (non-hydrogen) atoms. The van der Waals surface area contributed by atoms with E-state index in [1.807, 2.05) is 13.8 Å². The molecular weight excluding hydrogens is 228 g/mol. The molecule has 0 saturated carbocycles. The Morgan fingerprint density at radius 2 is 2.27 bits per heavy atom. The molecule has 0 aliphatic carbocycles. The number of rotatable bonds is 5. The molecule has 0 spiro atoms. The first-order valence-electron chi connectivity index (χ1n) is 4.89. The van der Waals surface area contributed by atoms with Gasteiger partial charge in [-0.3, -0.25) is 0 Å². The number of thiocarbonyl (C=S) groups is 1. The van der Waals surface area contributed by atoms with Crippen molar-refractivity contribution >= 4 is 33.7 Å². The molecule has 0 fully saturated rings. The highest BCUT2D eigenvalue weighted by molar-refractivity contribution is 7.80. The van der Waals surface area contributed by atoms with Crippen LogP contribution < -0.4 is 10.6 Å². The van der Waals surface area contributed by atoms with Crippen molar-refractivity contribution in [2.45, 2.75) is 20.8 Å². The van der Waals surface area contributed by atoms with Crippen LogP contribution in [0.4, 0.5) is 5.13 Å². The summed E-state index contributed by atoms with van der Waals surface area (Å²) in [4.78, 5) is 2.70. The lowest BCUT2D eigenvalue weighted by Gasteiger charge is -2.22. The zero-order valence-corrected chi connectivity index (χ0v) is 10.9. The van der Waals surface area contributed by atoms with Gasteiger partial charge >= 0.3 is 0 Å². The average Bonchev–Trinajstić information content (AvgIpc) is 2.60. The van der Waals surface area contributed by atoms with Crippen LogP contribution >= 0.6 is 23.6 Å². The molecule has 1 heterocycles. The average molecular weight is 244 g/mol.